The molecule has 3 N–H and O–H groups in total. The first-order valence-electron chi connectivity index (χ1n) is 9.04. The number of benzene rings is 1. The van der Waals surface area contributed by atoms with Crippen molar-refractivity contribution in [1.82, 2.24) is 9.80 Å². The average Bonchev–Trinajstić information content (AvgIpc) is 3.12. The monoisotopic (exact) mass is 342 g/mol. The largest absolute Gasteiger partial charge is 0.387 e. The molecule has 0 aromatic heterocycles. The Morgan fingerprint density at radius 2 is 1.92 bits per heavy atom. The van der Waals surface area contributed by atoms with Crippen molar-refractivity contribution in [2.24, 2.45) is 5.73 Å². The number of hydrogen-bond donors (Lipinski definition) is 2. The van der Waals surface area contributed by atoms with E-state index in [1.807, 2.05) is 12.1 Å². The summed E-state index contributed by atoms with van der Waals surface area (Å²) in [4.78, 5) is 16.1. The number of nitrogens with zero attached hydrogens (tertiary/aromatic N) is 3. The van der Waals surface area contributed by atoms with Crippen LogP contribution in [-0.4, -0.2) is 59.1 Å². The molecule has 6 nitrogen and oxygen atoms in total. The summed E-state index contributed by atoms with van der Waals surface area (Å²) >= 11 is 0. The van der Waals surface area contributed by atoms with Crippen LogP contribution < -0.4 is 5.73 Å². The summed E-state index contributed by atoms with van der Waals surface area (Å²) in [6.45, 7) is 3.39. The predicted molar refractivity (Wildman–Crippen MR) is 94.5 cm³/mol. The lowest BCUT2D eigenvalue weighted by molar-refractivity contribution is -0.123. The fraction of sp³-hybridized carbons (Fsp3) is 0.579. The van der Waals surface area contributed by atoms with E-state index in [0.29, 0.717) is 18.2 Å². The van der Waals surface area contributed by atoms with E-state index in [0.717, 1.165) is 50.9 Å². The van der Waals surface area contributed by atoms with Crippen molar-refractivity contribution >= 4 is 5.91 Å². The number of likely N-dealkylation sites (tertiary alicyclic amines) is 2. The lowest BCUT2D eigenvalue weighted by Gasteiger charge is -2.39. The van der Waals surface area contributed by atoms with E-state index in [1.54, 1.807) is 12.1 Å². The number of nitrogens with two attached hydrogens (primary N) is 1. The van der Waals surface area contributed by atoms with Crippen molar-refractivity contribution in [2.45, 2.75) is 43.9 Å². The fourth-order valence-electron chi connectivity index (χ4n) is 4.09. The van der Waals surface area contributed by atoms with E-state index >= 15 is 0 Å². The number of carbonyl (C=O) groups excluding carboxylic acids is 1. The van der Waals surface area contributed by atoms with Crippen molar-refractivity contribution < 1.29 is 9.90 Å². The summed E-state index contributed by atoms with van der Waals surface area (Å²) in [5.41, 5.74) is 6.97. The zero-order valence-electron chi connectivity index (χ0n) is 14.5. The van der Waals surface area contributed by atoms with Gasteiger partial charge in [-0.15, -0.1) is 0 Å². The number of aliphatic hydroxyl groups excluding tert-OH is 1. The summed E-state index contributed by atoms with van der Waals surface area (Å²) in [6, 6.07) is 9.52. The Bertz CT molecular complexity index is 632. The fourth-order valence-corrected chi connectivity index (χ4v) is 4.09. The third-order valence-corrected chi connectivity index (χ3v) is 5.50. The quantitative estimate of drug-likeness (QED) is 0.833. The molecule has 0 spiro atoms. The highest BCUT2D eigenvalue weighted by molar-refractivity contribution is 5.80. The summed E-state index contributed by atoms with van der Waals surface area (Å²) in [5, 5.41) is 19.3. The van der Waals surface area contributed by atoms with Gasteiger partial charge in [-0.25, -0.2) is 0 Å². The number of hydrogen-bond acceptors (Lipinski definition) is 5. The van der Waals surface area contributed by atoms with Gasteiger partial charge < -0.3 is 15.7 Å². The van der Waals surface area contributed by atoms with Gasteiger partial charge in [-0.1, -0.05) is 12.1 Å². The minimum Gasteiger partial charge on any atom is -0.387 e. The molecule has 6 heteroatoms. The zero-order valence-corrected chi connectivity index (χ0v) is 14.5. The molecule has 2 saturated heterocycles. The van der Waals surface area contributed by atoms with E-state index in [1.165, 1.54) is 0 Å². The van der Waals surface area contributed by atoms with Gasteiger partial charge in [-0.05, 0) is 63.0 Å². The van der Waals surface area contributed by atoms with Crippen LogP contribution >= 0.6 is 0 Å². The highest BCUT2D eigenvalue weighted by atomic mass is 16.3. The minimum atomic E-state index is -0.547. The van der Waals surface area contributed by atoms with Crippen LogP contribution in [0.3, 0.4) is 0 Å². The highest BCUT2D eigenvalue weighted by Gasteiger charge is 2.35. The lowest BCUT2D eigenvalue weighted by Crippen LogP contribution is -2.50. The Morgan fingerprint density at radius 3 is 2.52 bits per heavy atom. The highest BCUT2D eigenvalue weighted by Crippen LogP contribution is 2.26. The Labute approximate surface area is 148 Å². The summed E-state index contributed by atoms with van der Waals surface area (Å²) in [5.74, 6) is -0.198. The van der Waals surface area contributed by atoms with E-state index in [9.17, 15) is 9.90 Å². The third-order valence-electron chi connectivity index (χ3n) is 5.50. The van der Waals surface area contributed by atoms with Crippen LogP contribution in [0.2, 0.25) is 0 Å². The number of carbonyl (C=O) groups is 1. The second kappa shape index (κ2) is 7.96. The van der Waals surface area contributed by atoms with Gasteiger partial charge in [0.1, 0.15) is 0 Å². The third kappa shape index (κ3) is 4.18. The number of rotatable bonds is 5. The van der Waals surface area contributed by atoms with Crippen molar-refractivity contribution in [3.63, 3.8) is 0 Å². The molecular formula is C19H26N4O2. The minimum absolute atomic E-state index is 0.0965. The molecule has 2 aliphatic heterocycles. The first-order valence-corrected chi connectivity index (χ1v) is 9.04. The molecule has 3 rings (SSSR count). The second-order valence-corrected chi connectivity index (χ2v) is 7.08. The maximum atomic E-state index is 11.6. The van der Waals surface area contributed by atoms with Crippen LogP contribution in [0.4, 0.5) is 0 Å². The van der Waals surface area contributed by atoms with Crippen molar-refractivity contribution in [3.05, 3.63) is 35.4 Å². The first-order chi connectivity index (χ1) is 12.1. The molecular weight excluding hydrogens is 316 g/mol. The van der Waals surface area contributed by atoms with Gasteiger partial charge in [0.05, 0.1) is 23.8 Å². The van der Waals surface area contributed by atoms with E-state index in [4.69, 9.17) is 11.0 Å². The van der Waals surface area contributed by atoms with Crippen molar-refractivity contribution in [2.75, 3.05) is 26.2 Å². The molecule has 2 aliphatic rings. The molecule has 2 fully saturated rings. The molecule has 1 aromatic rings. The van der Waals surface area contributed by atoms with Crippen LogP contribution in [0.25, 0.3) is 0 Å². The maximum absolute atomic E-state index is 11.6. The maximum Gasteiger partial charge on any atom is 0.234 e. The number of primary amides is 1. The molecule has 25 heavy (non-hydrogen) atoms. The molecule has 1 amide bonds. The molecule has 2 atom stereocenters. The molecule has 0 bridgehead atoms. The Balaban J connectivity index is 1.50. The Morgan fingerprint density at radius 1 is 1.24 bits per heavy atom. The molecule has 1 aromatic carbocycles. The molecule has 0 radical (unpaired) electrons. The number of β-amino-alcohol motifs (C(OH)–C–C–N with tert-alkyl or cyclic N) is 1. The van der Waals surface area contributed by atoms with Gasteiger partial charge in [0, 0.05) is 12.6 Å². The molecule has 2 unspecified atom stereocenters. The van der Waals surface area contributed by atoms with Crippen LogP contribution in [0.15, 0.2) is 24.3 Å². The van der Waals surface area contributed by atoms with Gasteiger partial charge in [-0.2, -0.15) is 5.26 Å². The topological polar surface area (TPSA) is 93.6 Å². The molecule has 0 saturated carbocycles. The Hall–Kier alpha value is -1.94. The number of amides is 1. The second-order valence-electron chi connectivity index (χ2n) is 7.08. The SMILES string of the molecule is N#Cc1ccc(C(O)CN2CCC(N3CCCC3C(N)=O)CC2)cc1. The van der Waals surface area contributed by atoms with Gasteiger partial charge >= 0.3 is 0 Å². The van der Waals surface area contributed by atoms with Gasteiger partial charge in [0.15, 0.2) is 0 Å². The van der Waals surface area contributed by atoms with Gasteiger partial charge in [0.2, 0.25) is 5.91 Å². The first kappa shape index (κ1) is 17.9. The van der Waals surface area contributed by atoms with E-state index < -0.39 is 6.10 Å². The Kier molecular flexibility index (Phi) is 5.69. The predicted octanol–water partition coefficient (Wildman–Crippen LogP) is 1.01. The smallest absolute Gasteiger partial charge is 0.234 e. The van der Waals surface area contributed by atoms with Gasteiger partial charge in [-0.3, -0.25) is 9.69 Å². The zero-order chi connectivity index (χ0) is 17.8. The van der Waals surface area contributed by atoms with Gasteiger partial charge in [0.25, 0.3) is 0 Å². The van der Waals surface area contributed by atoms with Crippen molar-refractivity contribution in [1.29, 1.82) is 5.26 Å². The normalized spacial score (nSPS) is 24.1. The molecule has 2 heterocycles. The van der Waals surface area contributed by atoms with E-state index in [2.05, 4.69) is 15.9 Å². The standard InChI is InChI=1S/C19H26N4O2/c20-12-14-3-5-15(6-4-14)18(24)13-22-10-7-16(8-11-22)23-9-1-2-17(23)19(21)25/h3-6,16-18,24H,1-2,7-11,13H2,(H2,21,25). The summed E-state index contributed by atoms with van der Waals surface area (Å²) < 4.78 is 0. The van der Waals surface area contributed by atoms with E-state index in [-0.39, 0.29) is 11.9 Å². The van der Waals surface area contributed by atoms with Crippen LogP contribution in [-0.2, 0) is 4.79 Å². The number of aliphatic hydroxyl groups is 1. The van der Waals surface area contributed by atoms with Crippen molar-refractivity contribution in [3.8, 4) is 6.07 Å². The lowest BCUT2D eigenvalue weighted by atomic mass is 10.0. The molecule has 134 valence electrons. The molecule has 0 aliphatic carbocycles. The number of nitriles is 1. The summed E-state index contributed by atoms with van der Waals surface area (Å²) in [7, 11) is 0. The number of piperidine rings is 1. The van der Waals surface area contributed by atoms with Crippen LogP contribution in [0, 0.1) is 11.3 Å². The van der Waals surface area contributed by atoms with Crippen LogP contribution in [0.5, 0.6) is 0 Å². The average molecular weight is 342 g/mol. The summed E-state index contributed by atoms with van der Waals surface area (Å²) in [6.07, 6.45) is 3.39. The van der Waals surface area contributed by atoms with Crippen LogP contribution in [0.1, 0.15) is 42.9 Å².